The molecule has 0 aliphatic carbocycles. The van der Waals surface area contributed by atoms with E-state index >= 15 is 0 Å². The smallest absolute Gasteiger partial charge is 0.251 e. The van der Waals surface area contributed by atoms with Gasteiger partial charge in [-0.05, 0) is 37.1 Å². The summed E-state index contributed by atoms with van der Waals surface area (Å²) in [5, 5.41) is 5.68. The second-order valence-electron chi connectivity index (χ2n) is 4.89. The summed E-state index contributed by atoms with van der Waals surface area (Å²) in [5.74, 6) is -0.0104. The van der Waals surface area contributed by atoms with Gasteiger partial charge in [0.1, 0.15) is 0 Å². The molecule has 0 atom stereocenters. The Hall–Kier alpha value is -2.04. The average Bonchev–Trinajstić information content (AvgIpc) is 2.52. The lowest BCUT2D eigenvalue weighted by molar-refractivity contribution is -0.129. The van der Waals surface area contributed by atoms with Gasteiger partial charge in [0, 0.05) is 31.4 Å². The van der Waals surface area contributed by atoms with E-state index in [-0.39, 0.29) is 18.4 Å². The van der Waals surface area contributed by atoms with E-state index in [1.54, 1.807) is 19.2 Å². The van der Waals surface area contributed by atoms with Crippen LogP contribution in [0.3, 0.4) is 0 Å². The number of rotatable bonds is 8. The lowest BCUT2D eigenvalue weighted by atomic mass is 10.2. The van der Waals surface area contributed by atoms with Crippen LogP contribution < -0.4 is 10.6 Å². The lowest BCUT2D eigenvalue weighted by Gasteiger charge is -2.21. The van der Waals surface area contributed by atoms with Gasteiger partial charge in [-0.15, -0.1) is 0 Å². The number of anilines is 1. The molecule has 0 spiro atoms. The Morgan fingerprint density at radius 3 is 2.10 bits per heavy atom. The van der Waals surface area contributed by atoms with Crippen LogP contribution in [0.2, 0.25) is 0 Å². The van der Waals surface area contributed by atoms with Crippen LogP contribution in [-0.4, -0.2) is 43.4 Å². The van der Waals surface area contributed by atoms with Gasteiger partial charge in [-0.25, -0.2) is 0 Å². The molecule has 2 N–H and O–H groups in total. The zero-order valence-electron chi connectivity index (χ0n) is 13.1. The van der Waals surface area contributed by atoms with Crippen LogP contribution in [0.25, 0.3) is 0 Å². The van der Waals surface area contributed by atoms with Gasteiger partial charge >= 0.3 is 0 Å². The number of nitrogens with one attached hydrogen (secondary N) is 2. The maximum absolute atomic E-state index is 12.1. The molecule has 0 aliphatic heterocycles. The molecule has 1 aromatic carbocycles. The molecule has 2 amide bonds. The van der Waals surface area contributed by atoms with Crippen molar-refractivity contribution in [1.29, 1.82) is 0 Å². The van der Waals surface area contributed by atoms with Gasteiger partial charge in [-0.2, -0.15) is 0 Å². The van der Waals surface area contributed by atoms with E-state index in [0.29, 0.717) is 5.56 Å². The molecule has 0 saturated heterocycles. The molecule has 1 aromatic rings. The van der Waals surface area contributed by atoms with Crippen molar-refractivity contribution in [3.8, 4) is 0 Å². The Morgan fingerprint density at radius 1 is 1.05 bits per heavy atom. The molecule has 1 rings (SSSR count). The normalized spacial score (nSPS) is 10.0. The third kappa shape index (κ3) is 5.45. The summed E-state index contributed by atoms with van der Waals surface area (Å²) in [6.45, 7) is 6.01. The monoisotopic (exact) mass is 291 g/mol. The van der Waals surface area contributed by atoms with Crippen molar-refractivity contribution in [2.75, 3.05) is 32.0 Å². The number of carbonyl (C=O) groups is 2. The summed E-state index contributed by atoms with van der Waals surface area (Å²) < 4.78 is 0. The third-order valence-electron chi connectivity index (χ3n) is 3.16. The maximum Gasteiger partial charge on any atom is 0.251 e. The van der Waals surface area contributed by atoms with E-state index in [4.69, 9.17) is 0 Å². The molecule has 0 aromatic heterocycles. The predicted octanol–water partition coefficient (Wildman–Crippen LogP) is 2.11. The minimum Gasteiger partial charge on any atom is -0.376 e. The van der Waals surface area contributed by atoms with Crippen molar-refractivity contribution in [2.45, 2.75) is 26.7 Å². The Kier molecular flexibility index (Phi) is 7.29. The molecule has 5 nitrogen and oxygen atoms in total. The van der Waals surface area contributed by atoms with Gasteiger partial charge in [0.25, 0.3) is 5.91 Å². The Balaban J connectivity index is 2.53. The second kappa shape index (κ2) is 9.00. The number of hydrogen-bond acceptors (Lipinski definition) is 3. The number of amides is 2. The van der Waals surface area contributed by atoms with E-state index in [0.717, 1.165) is 31.6 Å². The van der Waals surface area contributed by atoms with Gasteiger partial charge in [0.2, 0.25) is 5.91 Å². The lowest BCUT2D eigenvalue weighted by Crippen LogP contribution is -2.36. The first-order valence-electron chi connectivity index (χ1n) is 7.46. The van der Waals surface area contributed by atoms with Crippen LogP contribution in [0.4, 0.5) is 5.69 Å². The summed E-state index contributed by atoms with van der Waals surface area (Å²) in [7, 11) is 1.60. The van der Waals surface area contributed by atoms with Crippen molar-refractivity contribution < 1.29 is 9.59 Å². The fourth-order valence-corrected chi connectivity index (χ4v) is 2.07. The van der Waals surface area contributed by atoms with E-state index in [9.17, 15) is 9.59 Å². The molecule has 0 heterocycles. The predicted molar refractivity (Wildman–Crippen MR) is 85.5 cm³/mol. The first-order valence-corrected chi connectivity index (χ1v) is 7.46. The molecule has 0 fully saturated rings. The van der Waals surface area contributed by atoms with Crippen LogP contribution >= 0.6 is 0 Å². The standard InChI is InChI=1S/C16H25N3O2/c1-4-10-19(11-5-2)15(20)12-18-14-8-6-13(7-9-14)16(21)17-3/h6-9,18H,4-5,10-12H2,1-3H3,(H,17,21). The molecule has 0 unspecified atom stereocenters. The van der Waals surface area contributed by atoms with Gasteiger partial charge in [-0.3, -0.25) is 9.59 Å². The van der Waals surface area contributed by atoms with Crippen molar-refractivity contribution in [3.63, 3.8) is 0 Å². The Labute approximate surface area is 126 Å². The van der Waals surface area contributed by atoms with Crippen LogP contribution in [-0.2, 0) is 4.79 Å². The average molecular weight is 291 g/mol. The zero-order valence-corrected chi connectivity index (χ0v) is 13.1. The zero-order chi connectivity index (χ0) is 15.7. The van der Waals surface area contributed by atoms with E-state index in [2.05, 4.69) is 24.5 Å². The summed E-state index contributed by atoms with van der Waals surface area (Å²) in [5.41, 5.74) is 1.44. The van der Waals surface area contributed by atoms with Crippen molar-refractivity contribution in [1.82, 2.24) is 10.2 Å². The molecular formula is C16H25N3O2. The quantitative estimate of drug-likeness (QED) is 0.771. The molecule has 21 heavy (non-hydrogen) atoms. The number of hydrogen-bond donors (Lipinski definition) is 2. The van der Waals surface area contributed by atoms with E-state index < -0.39 is 0 Å². The minimum atomic E-state index is -0.116. The molecular weight excluding hydrogens is 266 g/mol. The van der Waals surface area contributed by atoms with Crippen molar-refractivity contribution in [2.24, 2.45) is 0 Å². The van der Waals surface area contributed by atoms with Crippen LogP contribution in [0, 0.1) is 0 Å². The molecule has 5 heteroatoms. The third-order valence-corrected chi connectivity index (χ3v) is 3.16. The minimum absolute atomic E-state index is 0.106. The fourth-order valence-electron chi connectivity index (χ4n) is 2.07. The summed E-state index contributed by atoms with van der Waals surface area (Å²) in [6.07, 6.45) is 1.93. The molecule has 0 saturated carbocycles. The molecule has 0 bridgehead atoms. The van der Waals surface area contributed by atoms with Gasteiger partial charge in [0.05, 0.1) is 6.54 Å². The highest BCUT2D eigenvalue weighted by Crippen LogP contribution is 2.09. The van der Waals surface area contributed by atoms with E-state index in [1.165, 1.54) is 0 Å². The van der Waals surface area contributed by atoms with Crippen LogP contribution in [0.1, 0.15) is 37.0 Å². The van der Waals surface area contributed by atoms with Crippen LogP contribution in [0.5, 0.6) is 0 Å². The molecule has 116 valence electrons. The van der Waals surface area contributed by atoms with Crippen molar-refractivity contribution in [3.05, 3.63) is 29.8 Å². The fraction of sp³-hybridized carbons (Fsp3) is 0.500. The highest BCUT2D eigenvalue weighted by atomic mass is 16.2. The number of benzene rings is 1. The first kappa shape index (κ1) is 17.0. The summed E-state index contributed by atoms with van der Waals surface area (Å²) in [4.78, 5) is 25.4. The van der Waals surface area contributed by atoms with Gasteiger partial charge in [0.15, 0.2) is 0 Å². The summed E-state index contributed by atoms with van der Waals surface area (Å²) >= 11 is 0. The molecule has 0 aliphatic rings. The Bertz CT molecular complexity index is 451. The number of nitrogens with zero attached hydrogens (tertiary/aromatic N) is 1. The SMILES string of the molecule is CCCN(CCC)C(=O)CNc1ccc(C(=O)NC)cc1. The maximum atomic E-state index is 12.1. The Morgan fingerprint density at radius 2 is 1.62 bits per heavy atom. The second-order valence-corrected chi connectivity index (χ2v) is 4.89. The number of carbonyl (C=O) groups excluding carboxylic acids is 2. The van der Waals surface area contributed by atoms with Crippen molar-refractivity contribution >= 4 is 17.5 Å². The van der Waals surface area contributed by atoms with Gasteiger partial charge < -0.3 is 15.5 Å². The highest BCUT2D eigenvalue weighted by molar-refractivity contribution is 5.94. The van der Waals surface area contributed by atoms with Gasteiger partial charge in [-0.1, -0.05) is 13.8 Å². The largest absolute Gasteiger partial charge is 0.376 e. The topological polar surface area (TPSA) is 61.4 Å². The van der Waals surface area contributed by atoms with E-state index in [1.807, 2.05) is 17.0 Å². The molecule has 0 radical (unpaired) electrons. The van der Waals surface area contributed by atoms with Crippen LogP contribution in [0.15, 0.2) is 24.3 Å². The first-order chi connectivity index (χ1) is 10.1. The summed E-state index contributed by atoms with van der Waals surface area (Å²) in [6, 6.07) is 7.09. The highest BCUT2D eigenvalue weighted by Gasteiger charge is 2.11.